The second kappa shape index (κ2) is 7.19. The highest BCUT2D eigenvalue weighted by atomic mass is 32.2. The highest BCUT2D eigenvalue weighted by molar-refractivity contribution is 7.99. The molecule has 0 unspecified atom stereocenters. The van der Waals surface area contributed by atoms with E-state index in [9.17, 15) is 4.79 Å². The fourth-order valence-electron chi connectivity index (χ4n) is 3.75. The van der Waals surface area contributed by atoms with E-state index in [1.165, 1.54) is 43.9 Å². The predicted octanol–water partition coefficient (Wildman–Crippen LogP) is 3.38. The average Bonchev–Trinajstić information content (AvgIpc) is 3.29. The number of carbonyl (C=O) groups excluding carboxylic acids is 1. The summed E-state index contributed by atoms with van der Waals surface area (Å²) in [5.74, 6) is 3.52. The molecule has 2 aromatic rings. The lowest BCUT2D eigenvalue weighted by Gasteiger charge is -2.35. The van der Waals surface area contributed by atoms with Crippen molar-refractivity contribution in [3.63, 3.8) is 0 Å². The molecule has 0 aliphatic carbocycles. The first-order valence-corrected chi connectivity index (χ1v) is 10.0. The van der Waals surface area contributed by atoms with Crippen LogP contribution in [0.2, 0.25) is 0 Å². The molecule has 4 rings (SSSR count). The van der Waals surface area contributed by atoms with E-state index >= 15 is 0 Å². The van der Waals surface area contributed by atoms with Crippen LogP contribution in [-0.2, 0) is 0 Å². The molecule has 4 nitrogen and oxygen atoms in total. The molecule has 2 aliphatic heterocycles. The second-order valence-corrected chi connectivity index (χ2v) is 8.01. The summed E-state index contributed by atoms with van der Waals surface area (Å²) >= 11 is 2.08. The van der Waals surface area contributed by atoms with Gasteiger partial charge in [-0.15, -0.1) is 0 Å². The van der Waals surface area contributed by atoms with Gasteiger partial charge in [-0.3, -0.25) is 9.69 Å². The SMILES string of the molecule is O=C(NCC1CCN([C@H]2CCSC2)CC1)c1cc2ccccc2o1. The number of furan rings is 1. The van der Waals surface area contributed by atoms with Gasteiger partial charge < -0.3 is 9.73 Å². The van der Waals surface area contributed by atoms with Crippen LogP contribution in [0.4, 0.5) is 0 Å². The van der Waals surface area contributed by atoms with Crippen LogP contribution in [-0.4, -0.2) is 48.0 Å². The van der Waals surface area contributed by atoms with Crippen molar-refractivity contribution in [1.29, 1.82) is 0 Å². The largest absolute Gasteiger partial charge is 0.451 e. The minimum Gasteiger partial charge on any atom is -0.451 e. The zero-order valence-electron chi connectivity index (χ0n) is 13.9. The maximum atomic E-state index is 12.3. The van der Waals surface area contributed by atoms with Crippen molar-refractivity contribution in [1.82, 2.24) is 10.2 Å². The van der Waals surface area contributed by atoms with E-state index in [1.807, 2.05) is 30.3 Å². The molecule has 5 heteroatoms. The van der Waals surface area contributed by atoms with Gasteiger partial charge in [-0.2, -0.15) is 11.8 Å². The highest BCUT2D eigenvalue weighted by Crippen LogP contribution is 2.26. The lowest BCUT2D eigenvalue weighted by atomic mass is 9.95. The monoisotopic (exact) mass is 344 g/mol. The van der Waals surface area contributed by atoms with Gasteiger partial charge in [0.05, 0.1) is 0 Å². The molecular formula is C19H24N2O2S. The van der Waals surface area contributed by atoms with Gasteiger partial charge in [-0.05, 0) is 56.2 Å². The molecule has 0 radical (unpaired) electrons. The Morgan fingerprint density at radius 1 is 1.25 bits per heavy atom. The van der Waals surface area contributed by atoms with Crippen LogP contribution in [0.3, 0.4) is 0 Å². The van der Waals surface area contributed by atoms with Gasteiger partial charge in [0.2, 0.25) is 0 Å². The summed E-state index contributed by atoms with van der Waals surface area (Å²) in [4.78, 5) is 15.0. The Morgan fingerprint density at radius 3 is 2.83 bits per heavy atom. The van der Waals surface area contributed by atoms with Crippen molar-refractivity contribution in [2.24, 2.45) is 5.92 Å². The van der Waals surface area contributed by atoms with Gasteiger partial charge >= 0.3 is 0 Å². The van der Waals surface area contributed by atoms with E-state index in [1.54, 1.807) is 0 Å². The van der Waals surface area contributed by atoms with Crippen LogP contribution in [0.5, 0.6) is 0 Å². The normalized spacial score (nSPS) is 22.9. The van der Waals surface area contributed by atoms with Gasteiger partial charge in [0.25, 0.3) is 5.91 Å². The van der Waals surface area contributed by atoms with Crippen LogP contribution >= 0.6 is 11.8 Å². The number of benzene rings is 1. The molecule has 1 aromatic carbocycles. The highest BCUT2D eigenvalue weighted by Gasteiger charge is 2.27. The zero-order chi connectivity index (χ0) is 16.4. The van der Waals surface area contributed by atoms with Crippen molar-refractivity contribution in [3.8, 4) is 0 Å². The Balaban J connectivity index is 1.27. The Kier molecular flexibility index (Phi) is 4.81. The van der Waals surface area contributed by atoms with E-state index in [4.69, 9.17) is 4.42 Å². The average molecular weight is 344 g/mol. The van der Waals surface area contributed by atoms with Crippen molar-refractivity contribution in [3.05, 3.63) is 36.1 Å². The zero-order valence-corrected chi connectivity index (χ0v) is 14.7. The molecule has 1 atom stereocenters. The number of amides is 1. The number of likely N-dealkylation sites (tertiary alicyclic amines) is 1. The minimum atomic E-state index is -0.0965. The molecule has 3 heterocycles. The first kappa shape index (κ1) is 16.0. The Morgan fingerprint density at radius 2 is 2.08 bits per heavy atom. The molecule has 2 fully saturated rings. The Bertz CT molecular complexity index is 667. The number of para-hydroxylation sites is 1. The van der Waals surface area contributed by atoms with Crippen molar-refractivity contribution in [2.75, 3.05) is 31.1 Å². The van der Waals surface area contributed by atoms with Crippen molar-refractivity contribution in [2.45, 2.75) is 25.3 Å². The standard InChI is InChI=1S/C19H24N2O2S/c22-19(18-11-15-3-1-2-4-17(15)23-18)20-12-14-5-8-21(9-6-14)16-7-10-24-13-16/h1-4,11,14,16H,5-10,12-13H2,(H,20,22)/t16-/m0/s1. The van der Waals surface area contributed by atoms with E-state index in [0.29, 0.717) is 11.7 Å². The molecule has 1 aromatic heterocycles. The van der Waals surface area contributed by atoms with Crippen LogP contribution in [0, 0.1) is 5.92 Å². The topological polar surface area (TPSA) is 45.5 Å². The maximum absolute atomic E-state index is 12.3. The molecule has 24 heavy (non-hydrogen) atoms. The number of thioether (sulfide) groups is 1. The van der Waals surface area contributed by atoms with Gasteiger partial charge in [0, 0.05) is 23.7 Å². The number of hydrogen-bond donors (Lipinski definition) is 1. The summed E-state index contributed by atoms with van der Waals surface area (Å²) in [6.07, 6.45) is 3.71. The maximum Gasteiger partial charge on any atom is 0.287 e. The Hall–Kier alpha value is -1.46. The third-order valence-electron chi connectivity index (χ3n) is 5.27. The smallest absolute Gasteiger partial charge is 0.287 e. The van der Waals surface area contributed by atoms with Gasteiger partial charge in [0.15, 0.2) is 5.76 Å². The van der Waals surface area contributed by atoms with E-state index < -0.39 is 0 Å². The quantitative estimate of drug-likeness (QED) is 0.923. The number of piperidine rings is 1. The van der Waals surface area contributed by atoms with Crippen LogP contribution in [0.25, 0.3) is 11.0 Å². The first-order valence-electron chi connectivity index (χ1n) is 8.88. The van der Waals surface area contributed by atoms with Crippen LogP contribution < -0.4 is 5.32 Å². The van der Waals surface area contributed by atoms with Crippen LogP contribution in [0.15, 0.2) is 34.7 Å². The molecule has 1 N–H and O–H groups in total. The first-order chi connectivity index (χ1) is 11.8. The van der Waals surface area contributed by atoms with Gasteiger partial charge in [0.1, 0.15) is 5.58 Å². The molecule has 0 saturated carbocycles. The molecule has 2 saturated heterocycles. The van der Waals surface area contributed by atoms with Gasteiger partial charge in [-0.25, -0.2) is 0 Å². The van der Waals surface area contributed by atoms with Crippen molar-refractivity contribution < 1.29 is 9.21 Å². The number of rotatable bonds is 4. The summed E-state index contributed by atoms with van der Waals surface area (Å²) in [6, 6.07) is 10.3. The molecule has 0 spiro atoms. The summed E-state index contributed by atoms with van der Waals surface area (Å²) in [5, 5.41) is 4.04. The van der Waals surface area contributed by atoms with E-state index in [2.05, 4.69) is 22.0 Å². The summed E-state index contributed by atoms with van der Waals surface area (Å²) < 4.78 is 5.63. The second-order valence-electron chi connectivity index (χ2n) is 6.86. The lowest BCUT2D eigenvalue weighted by Crippen LogP contribution is -2.43. The minimum absolute atomic E-state index is 0.0965. The predicted molar refractivity (Wildman–Crippen MR) is 98.6 cm³/mol. The Labute approximate surface area is 147 Å². The summed E-state index contributed by atoms with van der Waals surface area (Å²) in [6.45, 7) is 3.11. The number of fused-ring (bicyclic) bond motifs is 1. The number of hydrogen-bond acceptors (Lipinski definition) is 4. The third-order valence-corrected chi connectivity index (χ3v) is 6.42. The van der Waals surface area contributed by atoms with E-state index in [0.717, 1.165) is 23.6 Å². The van der Waals surface area contributed by atoms with Gasteiger partial charge in [-0.1, -0.05) is 18.2 Å². The fourth-order valence-corrected chi connectivity index (χ4v) is 5.01. The molecule has 2 aliphatic rings. The molecular weight excluding hydrogens is 320 g/mol. The number of nitrogens with zero attached hydrogens (tertiary/aromatic N) is 1. The van der Waals surface area contributed by atoms with E-state index in [-0.39, 0.29) is 5.91 Å². The summed E-state index contributed by atoms with van der Waals surface area (Å²) in [5.41, 5.74) is 0.769. The number of carbonyl (C=O) groups is 1. The van der Waals surface area contributed by atoms with Crippen molar-refractivity contribution >= 4 is 28.6 Å². The fraction of sp³-hybridized carbons (Fsp3) is 0.526. The molecule has 128 valence electrons. The van der Waals surface area contributed by atoms with Crippen LogP contribution in [0.1, 0.15) is 29.8 Å². The third kappa shape index (κ3) is 3.47. The number of nitrogens with one attached hydrogen (secondary N) is 1. The lowest BCUT2D eigenvalue weighted by molar-refractivity contribution is 0.0903. The molecule has 0 bridgehead atoms. The summed E-state index contributed by atoms with van der Waals surface area (Å²) in [7, 11) is 0. The molecule has 1 amide bonds.